The van der Waals surface area contributed by atoms with Crippen LogP contribution in [-0.2, 0) is 4.79 Å². The van der Waals surface area contributed by atoms with Gasteiger partial charge in [-0.15, -0.1) is 0 Å². The first-order chi connectivity index (χ1) is 5.81. The number of unbranched alkanes of at least 4 members (excludes halogenated alkanes) is 2. The van der Waals surface area contributed by atoms with Crippen LogP contribution in [0.25, 0.3) is 0 Å². The van der Waals surface area contributed by atoms with Gasteiger partial charge in [-0.2, -0.15) is 0 Å². The minimum absolute atomic E-state index is 0.186. The molecule has 0 saturated heterocycles. The van der Waals surface area contributed by atoms with Crippen molar-refractivity contribution in [1.82, 2.24) is 5.32 Å². The van der Waals surface area contributed by atoms with Gasteiger partial charge in [0.15, 0.2) is 0 Å². The van der Waals surface area contributed by atoms with Crippen LogP contribution in [-0.4, -0.2) is 17.8 Å². The molecule has 0 bridgehead atoms. The Bertz CT molecular complexity index is 117. The Morgan fingerprint density at radius 2 is 2.08 bits per heavy atom. The zero-order valence-corrected chi connectivity index (χ0v) is 9.32. The van der Waals surface area contributed by atoms with Gasteiger partial charge in [-0.25, -0.2) is 0 Å². The maximum Gasteiger partial charge on any atom is 0.220 e. The van der Waals surface area contributed by atoms with Crippen molar-refractivity contribution in [2.75, 3.05) is 11.9 Å². The number of alkyl halides is 1. The van der Waals surface area contributed by atoms with Crippen LogP contribution in [0.1, 0.15) is 39.0 Å². The Balaban J connectivity index is 3.08. The number of amides is 1. The zero-order chi connectivity index (χ0) is 9.23. The Kier molecular flexibility index (Phi) is 9.00. The summed E-state index contributed by atoms with van der Waals surface area (Å²) >= 11 is 3.29. The third-order valence-electron chi connectivity index (χ3n) is 1.64. The van der Waals surface area contributed by atoms with Crippen molar-refractivity contribution in [1.29, 1.82) is 0 Å². The van der Waals surface area contributed by atoms with Crippen LogP contribution in [0.2, 0.25) is 0 Å². The predicted molar refractivity (Wildman–Crippen MR) is 55.6 cm³/mol. The average Bonchev–Trinajstić information content (AvgIpc) is 2.09. The van der Waals surface area contributed by atoms with E-state index in [0.29, 0.717) is 6.42 Å². The summed E-state index contributed by atoms with van der Waals surface area (Å²) in [6.07, 6.45) is 5.10. The number of hydrogen-bond acceptors (Lipinski definition) is 1. The first-order valence-electron chi connectivity index (χ1n) is 4.64. The molecule has 0 aromatic heterocycles. The van der Waals surface area contributed by atoms with Crippen molar-refractivity contribution in [3.05, 3.63) is 0 Å². The fourth-order valence-corrected chi connectivity index (χ4v) is 1.20. The number of hydrogen-bond donors (Lipinski definition) is 1. The Morgan fingerprint density at radius 1 is 1.33 bits per heavy atom. The molecule has 0 atom stereocenters. The van der Waals surface area contributed by atoms with Crippen LogP contribution < -0.4 is 5.32 Å². The van der Waals surface area contributed by atoms with Gasteiger partial charge in [0.25, 0.3) is 0 Å². The second-order valence-electron chi connectivity index (χ2n) is 2.85. The summed E-state index contributed by atoms with van der Waals surface area (Å²) in [6.45, 7) is 3.00. The number of halogens is 1. The van der Waals surface area contributed by atoms with E-state index in [9.17, 15) is 4.79 Å². The fourth-order valence-electron chi connectivity index (χ4n) is 0.919. The Labute approximate surface area is 83.2 Å². The Hall–Kier alpha value is -0.0500. The van der Waals surface area contributed by atoms with Crippen LogP contribution in [0, 0.1) is 0 Å². The van der Waals surface area contributed by atoms with Gasteiger partial charge in [0, 0.05) is 18.3 Å². The van der Waals surface area contributed by atoms with Gasteiger partial charge in [-0.1, -0.05) is 35.7 Å². The lowest BCUT2D eigenvalue weighted by Crippen LogP contribution is -2.23. The zero-order valence-electron chi connectivity index (χ0n) is 7.74. The molecule has 1 N–H and O–H groups in total. The molecule has 0 aliphatic rings. The lowest BCUT2D eigenvalue weighted by atomic mass is 10.2. The summed E-state index contributed by atoms with van der Waals surface area (Å²) in [7, 11) is 0. The van der Waals surface area contributed by atoms with Crippen molar-refractivity contribution < 1.29 is 4.79 Å². The van der Waals surface area contributed by atoms with Crippen LogP contribution in [0.5, 0.6) is 0 Å². The second kappa shape index (κ2) is 9.04. The van der Waals surface area contributed by atoms with Crippen molar-refractivity contribution in [3.63, 3.8) is 0 Å². The van der Waals surface area contributed by atoms with E-state index in [1.807, 2.05) is 0 Å². The third kappa shape index (κ3) is 8.05. The summed E-state index contributed by atoms with van der Waals surface area (Å²) in [6, 6.07) is 0. The smallest absolute Gasteiger partial charge is 0.220 e. The van der Waals surface area contributed by atoms with Crippen molar-refractivity contribution >= 4 is 21.8 Å². The van der Waals surface area contributed by atoms with E-state index in [1.54, 1.807) is 0 Å². The molecule has 0 aliphatic heterocycles. The van der Waals surface area contributed by atoms with E-state index >= 15 is 0 Å². The predicted octanol–water partition coefficient (Wildman–Crippen LogP) is 2.47. The molecule has 72 valence electrons. The summed E-state index contributed by atoms with van der Waals surface area (Å²) in [5.41, 5.74) is 0. The van der Waals surface area contributed by atoms with E-state index in [2.05, 4.69) is 28.2 Å². The molecule has 0 aromatic carbocycles. The second-order valence-corrected chi connectivity index (χ2v) is 3.64. The molecule has 1 amide bonds. The highest BCUT2D eigenvalue weighted by molar-refractivity contribution is 9.09. The summed E-state index contributed by atoms with van der Waals surface area (Å²) in [5.74, 6) is 0.186. The molecule has 0 spiro atoms. The number of carbonyl (C=O) groups excluding carboxylic acids is 1. The molecule has 0 rings (SSSR count). The molecule has 0 heterocycles. The van der Waals surface area contributed by atoms with Gasteiger partial charge in [0.2, 0.25) is 5.91 Å². The summed E-state index contributed by atoms with van der Waals surface area (Å²) in [4.78, 5) is 11.0. The standard InChI is InChI=1S/C9H18BrNO/c1-2-3-4-8-11-9(12)6-5-7-10/h2-8H2,1H3,(H,11,12). The van der Waals surface area contributed by atoms with Crippen LogP contribution in [0.4, 0.5) is 0 Å². The maximum atomic E-state index is 11.0. The quantitative estimate of drug-likeness (QED) is 0.534. The normalized spacial score (nSPS) is 9.83. The number of nitrogens with one attached hydrogen (secondary N) is 1. The third-order valence-corrected chi connectivity index (χ3v) is 2.20. The molecule has 0 unspecified atom stereocenters. The first-order valence-corrected chi connectivity index (χ1v) is 5.76. The van der Waals surface area contributed by atoms with Gasteiger partial charge in [0.05, 0.1) is 0 Å². The monoisotopic (exact) mass is 235 g/mol. The molecule has 12 heavy (non-hydrogen) atoms. The molecule has 0 saturated carbocycles. The first kappa shape index (κ1) is 11.9. The van der Waals surface area contributed by atoms with Gasteiger partial charge in [0.1, 0.15) is 0 Å². The number of carbonyl (C=O) groups is 1. The highest BCUT2D eigenvalue weighted by atomic mass is 79.9. The fraction of sp³-hybridized carbons (Fsp3) is 0.889. The van der Waals surface area contributed by atoms with Crippen LogP contribution in [0.15, 0.2) is 0 Å². The molecule has 2 nitrogen and oxygen atoms in total. The lowest BCUT2D eigenvalue weighted by Gasteiger charge is -2.02. The minimum atomic E-state index is 0.186. The van der Waals surface area contributed by atoms with E-state index in [4.69, 9.17) is 0 Å². The number of rotatable bonds is 7. The molecule has 3 heteroatoms. The van der Waals surface area contributed by atoms with Gasteiger partial charge in [-0.3, -0.25) is 4.79 Å². The van der Waals surface area contributed by atoms with Crippen molar-refractivity contribution in [2.24, 2.45) is 0 Å². The summed E-state index contributed by atoms with van der Waals surface area (Å²) < 4.78 is 0. The average molecular weight is 236 g/mol. The van der Waals surface area contributed by atoms with Gasteiger partial charge < -0.3 is 5.32 Å². The van der Waals surface area contributed by atoms with E-state index in [1.165, 1.54) is 12.8 Å². The topological polar surface area (TPSA) is 29.1 Å². The minimum Gasteiger partial charge on any atom is -0.356 e. The largest absolute Gasteiger partial charge is 0.356 e. The highest BCUT2D eigenvalue weighted by Crippen LogP contribution is 1.95. The maximum absolute atomic E-state index is 11.0. The molecular weight excluding hydrogens is 218 g/mol. The molecule has 0 aromatic rings. The molecule has 0 radical (unpaired) electrons. The van der Waals surface area contributed by atoms with Gasteiger partial charge in [-0.05, 0) is 12.8 Å². The lowest BCUT2D eigenvalue weighted by molar-refractivity contribution is -0.121. The molecule has 0 fully saturated rings. The SMILES string of the molecule is CCCCCNC(=O)CCCBr. The van der Waals surface area contributed by atoms with E-state index in [-0.39, 0.29) is 5.91 Å². The summed E-state index contributed by atoms with van der Waals surface area (Å²) in [5, 5.41) is 3.80. The van der Waals surface area contributed by atoms with Crippen molar-refractivity contribution in [2.45, 2.75) is 39.0 Å². The van der Waals surface area contributed by atoms with Crippen LogP contribution >= 0.6 is 15.9 Å². The highest BCUT2D eigenvalue weighted by Gasteiger charge is 1.97. The van der Waals surface area contributed by atoms with E-state index < -0.39 is 0 Å². The molecular formula is C9H18BrNO. The van der Waals surface area contributed by atoms with Crippen LogP contribution in [0.3, 0.4) is 0 Å². The Morgan fingerprint density at radius 3 is 2.67 bits per heavy atom. The van der Waals surface area contributed by atoms with E-state index in [0.717, 1.165) is 24.7 Å². The van der Waals surface area contributed by atoms with Crippen molar-refractivity contribution in [3.8, 4) is 0 Å². The molecule has 0 aliphatic carbocycles. The van der Waals surface area contributed by atoms with Gasteiger partial charge >= 0.3 is 0 Å².